The van der Waals surface area contributed by atoms with Crippen LogP contribution in [0.3, 0.4) is 0 Å². The van der Waals surface area contributed by atoms with E-state index < -0.39 is 5.82 Å². The van der Waals surface area contributed by atoms with Crippen molar-refractivity contribution in [1.82, 2.24) is 0 Å². The fourth-order valence-corrected chi connectivity index (χ4v) is 2.53. The molecule has 2 rings (SSSR count). The standard InChI is InChI=1S/C14H17FN2O/c15-13-6-10(7-16)4-5-14(13)18-9-12-3-1-2-11(12)8-17/h4-6,11-12H,1-3,8-9,17H2. The van der Waals surface area contributed by atoms with Gasteiger partial charge in [0.05, 0.1) is 18.2 Å². The summed E-state index contributed by atoms with van der Waals surface area (Å²) in [6, 6.07) is 6.17. The van der Waals surface area contributed by atoms with Crippen LogP contribution in [0.25, 0.3) is 0 Å². The zero-order chi connectivity index (χ0) is 13.0. The summed E-state index contributed by atoms with van der Waals surface area (Å²) in [6.45, 7) is 1.18. The third-order valence-corrected chi connectivity index (χ3v) is 3.63. The Bertz CT molecular complexity index is 456. The van der Waals surface area contributed by atoms with Crippen LogP contribution in [0.2, 0.25) is 0 Å². The van der Waals surface area contributed by atoms with Crippen molar-refractivity contribution in [2.75, 3.05) is 13.2 Å². The molecule has 1 aliphatic carbocycles. The lowest BCUT2D eigenvalue weighted by molar-refractivity contribution is 0.209. The maximum absolute atomic E-state index is 13.6. The highest BCUT2D eigenvalue weighted by molar-refractivity contribution is 5.35. The number of halogens is 1. The Morgan fingerprint density at radius 2 is 2.17 bits per heavy atom. The first-order valence-electron chi connectivity index (χ1n) is 6.27. The molecule has 1 aromatic carbocycles. The molecule has 0 saturated heterocycles. The van der Waals surface area contributed by atoms with Gasteiger partial charge in [-0.3, -0.25) is 0 Å². The lowest BCUT2D eigenvalue weighted by atomic mass is 9.97. The molecule has 0 bridgehead atoms. The van der Waals surface area contributed by atoms with Crippen LogP contribution >= 0.6 is 0 Å². The van der Waals surface area contributed by atoms with Gasteiger partial charge in [0.2, 0.25) is 0 Å². The van der Waals surface area contributed by atoms with Crippen molar-refractivity contribution in [1.29, 1.82) is 5.26 Å². The van der Waals surface area contributed by atoms with Crippen LogP contribution in [0.4, 0.5) is 4.39 Å². The van der Waals surface area contributed by atoms with Gasteiger partial charge in [0, 0.05) is 0 Å². The molecule has 0 spiro atoms. The maximum atomic E-state index is 13.6. The molecule has 2 unspecified atom stereocenters. The van der Waals surface area contributed by atoms with E-state index in [0.29, 0.717) is 30.6 Å². The van der Waals surface area contributed by atoms with Gasteiger partial charge in [-0.2, -0.15) is 5.26 Å². The molecule has 1 aromatic rings. The first kappa shape index (κ1) is 12.8. The molecule has 96 valence electrons. The first-order valence-corrected chi connectivity index (χ1v) is 6.27. The molecule has 1 aliphatic rings. The summed E-state index contributed by atoms with van der Waals surface area (Å²) in [7, 11) is 0. The fourth-order valence-electron chi connectivity index (χ4n) is 2.53. The Morgan fingerprint density at radius 1 is 1.39 bits per heavy atom. The van der Waals surface area contributed by atoms with E-state index in [9.17, 15) is 4.39 Å². The monoisotopic (exact) mass is 248 g/mol. The number of hydrogen-bond donors (Lipinski definition) is 1. The normalized spacial score (nSPS) is 22.7. The van der Waals surface area contributed by atoms with Gasteiger partial charge in [-0.05, 0) is 49.4 Å². The van der Waals surface area contributed by atoms with E-state index in [4.69, 9.17) is 15.7 Å². The summed E-state index contributed by atoms with van der Waals surface area (Å²) in [5.41, 5.74) is 6.00. The van der Waals surface area contributed by atoms with Gasteiger partial charge < -0.3 is 10.5 Å². The van der Waals surface area contributed by atoms with Crippen LogP contribution in [-0.2, 0) is 0 Å². The number of nitriles is 1. The summed E-state index contributed by atoms with van der Waals surface area (Å²) < 4.78 is 19.1. The lowest BCUT2D eigenvalue weighted by Crippen LogP contribution is -2.23. The van der Waals surface area contributed by atoms with Crippen LogP contribution in [0.15, 0.2) is 18.2 Å². The Morgan fingerprint density at radius 3 is 2.83 bits per heavy atom. The number of hydrogen-bond acceptors (Lipinski definition) is 3. The van der Waals surface area contributed by atoms with Crippen molar-refractivity contribution in [2.45, 2.75) is 19.3 Å². The Balaban J connectivity index is 1.96. The van der Waals surface area contributed by atoms with Crippen molar-refractivity contribution in [3.8, 4) is 11.8 Å². The second-order valence-corrected chi connectivity index (χ2v) is 4.75. The second kappa shape index (κ2) is 5.83. The van der Waals surface area contributed by atoms with Gasteiger partial charge in [0.1, 0.15) is 0 Å². The summed E-state index contributed by atoms with van der Waals surface area (Å²) in [4.78, 5) is 0. The van der Waals surface area contributed by atoms with Crippen LogP contribution < -0.4 is 10.5 Å². The third kappa shape index (κ3) is 2.80. The van der Waals surface area contributed by atoms with Gasteiger partial charge in [0.15, 0.2) is 11.6 Å². The van der Waals surface area contributed by atoms with Crippen LogP contribution in [-0.4, -0.2) is 13.2 Å². The minimum absolute atomic E-state index is 0.219. The summed E-state index contributed by atoms with van der Waals surface area (Å²) in [5.74, 6) is 0.657. The number of ether oxygens (including phenoxy) is 1. The van der Waals surface area contributed by atoms with E-state index in [-0.39, 0.29) is 5.75 Å². The Labute approximate surface area is 106 Å². The smallest absolute Gasteiger partial charge is 0.166 e. The SMILES string of the molecule is N#Cc1ccc(OCC2CCCC2CN)c(F)c1. The van der Waals surface area contributed by atoms with E-state index in [1.165, 1.54) is 18.6 Å². The number of rotatable bonds is 4. The first-order chi connectivity index (χ1) is 8.74. The molecule has 0 radical (unpaired) electrons. The van der Waals surface area contributed by atoms with E-state index in [1.807, 2.05) is 6.07 Å². The van der Waals surface area contributed by atoms with E-state index in [2.05, 4.69) is 0 Å². The average molecular weight is 248 g/mol. The van der Waals surface area contributed by atoms with Crippen molar-refractivity contribution in [3.63, 3.8) is 0 Å². The Hall–Kier alpha value is -1.60. The molecule has 4 heteroatoms. The van der Waals surface area contributed by atoms with Crippen LogP contribution in [0.1, 0.15) is 24.8 Å². The van der Waals surface area contributed by atoms with Gasteiger partial charge in [-0.25, -0.2) is 4.39 Å². The van der Waals surface area contributed by atoms with Crippen molar-refractivity contribution >= 4 is 0 Å². The van der Waals surface area contributed by atoms with E-state index in [1.54, 1.807) is 6.07 Å². The van der Waals surface area contributed by atoms with Crippen molar-refractivity contribution < 1.29 is 9.13 Å². The summed E-state index contributed by atoms with van der Waals surface area (Å²) in [5, 5.41) is 8.65. The molecule has 1 fully saturated rings. The second-order valence-electron chi connectivity index (χ2n) is 4.75. The molecule has 0 aliphatic heterocycles. The molecular formula is C14H17FN2O. The predicted molar refractivity (Wildman–Crippen MR) is 66.5 cm³/mol. The van der Waals surface area contributed by atoms with Crippen molar-refractivity contribution in [2.24, 2.45) is 17.6 Å². The van der Waals surface area contributed by atoms with Gasteiger partial charge in [-0.15, -0.1) is 0 Å². The van der Waals surface area contributed by atoms with E-state index in [0.717, 1.165) is 12.8 Å². The van der Waals surface area contributed by atoms with Crippen molar-refractivity contribution in [3.05, 3.63) is 29.6 Å². The highest BCUT2D eigenvalue weighted by Crippen LogP contribution is 2.31. The summed E-state index contributed by atoms with van der Waals surface area (Å²) >= 11 is 0. The fraction of sp³-hybridized carbons (Fsp3) is 0.500. The number of nitrogens with zero attached hydrogens (tertiary/aromatic N) is 1. The van der Waals surface area contributed by atoms with Crippen LogP contribution in [0, 0.1) is 29.0 Å². The van der Waals surface area contributed by atoms with Gasteiger partial charge in [-0.1, -0.05) is 6.42 Å². The minimum atomic E-state index is -0.476. The Kier molecular flexibility index (Phi) is 4.16. The highest BCUT2D eigenvalue weighted by atomic mass is 19.1. The maximum Gasteiger partial charge on any atom is 0.166 e. The van der Waals surface area contributed by atoms with Crippen LogP contribution in [0.5, 0.6) is 5.75 Å². The molecule has 1 saturated carbocycles. The molecule has 2 N–H and O–H groups in total. The highest BCUT2D eigenvalue weighted by Gasteiger charge is 2.26. The van der Waals surface area contributed by atoms with Gasteiger partial charge >= 0.3 is 0 Å². The lowest BCUT2D eigenvalue weighted by Gasteiger charge is -2.18. The number of benzene rings is 1. The third-order valence-electron chi connectivity index (χ3n) is 3.63. The molecule has 2 atom stereocenters. The molecule has 0 amide bonds. The molecule has 0 heterocycles. The quantitative estimate of drug-likeness (QED) is 0.890. The average Bonchev–Trinajstić information content (AvgIpc) is 2.84. The zero-order valence-corrected chi connectivity index (χ0v) is 10.2. The van der Waals surface area contributed by atoms with E-state index >= 15 is 0 Å². The predicted octanol–water partition coefficient (Wildman–Crippen LogP) is 2.45. The summed E-state index contributed by atoms with van der Waals surface area (Å²) in [6.07, 6.45) is 3.41. The number of nitrogens with two attached hydrogens (primary N) is 1. The largest absolute Gasteiger partial charge is 0.490 e. The van der Waals surface area contributed by atoms with Gasteiger partial charge in [0.25, 0.3) is 0 Å². The minimum Gasteiger partial charge on any atom is -0.490 e. The molecule has 18 heavy (non-hydrogen) atoms. The topological polar surface area (TPSA) is 59.0 Å². The molecule has 3 nitrogen and oxygen atoms in total. The molecule has 0 aromatic heterocycles. The zero-order valence-electron chi connectivity index (χ0n) is 10.2. The molecular weight excluding hydrogens is 231 g/mol.